The molecule has 1 heterocycles. The van der Waals surface area contributed by atoms with Crippen molar-refractivity contribution >= 4 is 17.7 Å². The summed E-state index contributed by atoms with van der Waals surface area (Å²) in [5.41, 5.74) is 1.67. The van der Waals surface area contributed by atoms with Gasteiger partial charge >= 0.3 is 0 Å². The van der Waals surface area contributed by atoms with Crippen LogP contribution >= 0.6 is 11.8 Å². The van der Waals surface area contributed by atoms with Crippen LogP contribution in [-0.2, 0) is 4.79 Å². The molecule has 0 aliphatic heterocycles. The smallest absolute Gasteiger partial charge is 0.230 e. The number of carbonyl (C=O) groups excluding carboxylic acids is 1. The van der Waals surface area contributed by atoms with Gasteiger partial charge in [-0.25, -0.2) is 4.39 Å². The van der Waals surface area contributed by atoms with E-state index in [0.717, 1.165) is 11.3 Å². The van der Waals surface area contributed by atoms with E-state index < -0.39 is 0 Å². The summed E-state index contributed by atoms with van der Waals surface area (Å²) in [7, 11) is 0. The minimum atomic E-state index is -0.300. The predicted molar refractivity (Wildman–Crippen MR) is 92.8 cm³/mol. The fourth-order valence-electron chi connectivity index (χ4n) is 2.25. The van der Waals surface area contributed by atoms with Crippen molar-refractivity contribution in [2.75, 3.05) is 5.75 Å². The van der Waals surface area contributed by atoms with Crippen LogP contribution in [0.2, 0.25) is 0 Å². The number of carbonyl (C=O) groups is 1. The molecule has 128 valence electrons. The summed E-state index contributed by atoms with van der Waals surface area (Å²) in [5, 5.41) is 15.0. The van der Waals surface area contributed by atoms with Gasteiger partial charge in [-0.15, -0.1) is 5.10 Å². The number of amides is 1. The van der Waals surface area contributed by atoms with Gasteiger partial charge in [0, 0.05) is 0 Å². The summed E-state index contributed by atoms with van der Waals surface area (Å²) in [4.78, 5) is 12.2. The fraction of sp³-hybridized carbons (Fsp3) is 0.176. The molecule has 0 radical (unpaired) electrons. The lowest BCUT2D eigenvalue weighted by Crippen LogP contribution is -2.28. The van der Waals surface area contributed by atoms with E-state index in [1.807, 2.05) is 37.3 Å². The van der Waals surface area contributed by atoms with Crippen molar-refractivity contribution in [1.82, 2.24) is 25.5 Å². The Morgan fingerprint density at radius 3 is 2.64 bits per heavy atom. The normalized spacial score (nSPS) is 11.9. The summed E-state index contributed by atoms with van der Waals surface area (Å²) in [6, 6.07) is 15.3. The van der Waals surface area contributed by atoms with E-state index in [9.17, 15) is 9.18 Å². The number of hydrogen-bond acceptors (Lipinski definition) is 5. The lowest BCUT2D eigenvalue weighted by Gasteiger charge is -2.14. The van der Waals surface area contributed by atoms with Crippen LogP contribution in [0.5, 0.6) is 0 Å². The molecule has 0 saturated carbocycles. The van der Waals surface area contributed by atoms with Gasteiger partial charge in [0.2, 0.25) is 11.1 Å². The van der Waals surface area contributed by atoms with E-state index >= 15 is 0 Å². The average Bonchev–Trinajstić information content (AvgIpc) is 3.10. The Morgan fingerprint density at radius 1 is 1.20 bits per heavy atom. The molecule has 0 aliphatic rings. The third-order valence-electron chi connectivity index (χ3n) is 3.52. The Hall–Kier alpha value is -2.74. The lowest BCUT2D eigenvalue weighted by atomic mass is 10.1. The number of para-hydroxylation sites is 1. The minimum Gasteiger partial charge on any atom is -0.349 e. The van der Waals surface area contributed by atoms with Crippen LogP contribution in [0, 0.1) is 5.82 Å². The lowest BCUT2D eigenvalue weighted by molar-refractivity contribution is -0.119. The molecule has 0 unspecified atom stereocenters. The van der Waals surface area contributed by atoms with Gasteiger partial charge in [0.25, 0.3) is 0 Å². The standard InChI is InChI=1S/C17H16FN5OS/c1-12(13-7-9-14(18)10-8-13)19-16(24)11-25-17-20-21-22-23(17)15-5-3-2-4-6-15/h2-10,12H,11H2,1H3,(H,19,24)/t12-/m0/s1. The summed E-state index contributed by atoms with van der Waals surface area (Å²) in [6.07, 6.45) is 0. The molecule has 1 amide bonds. The van der Waals surface area contributed by atoms with Crippen molar-refractivity contribution in [3.63, 3.8) is 0 Å². The Labute approximate surface area is 148 Å². The first kappa shape index (κ1) is 17.1. The van der Waals surface area contributed by atoms with Crippen molar-refractivity contribution in [2.24, 2.45) is 0 Å². The van der Waals surface area contributed by atoms with E-state index in [-0.39, 0.29) is 23.5 Å². The highest BCUT2D eigenvalue weighted by atomic mass is 32.2. The third kappa shape index (κ3) is 4.42. The van der Waals surface area contributed by atoms with Gasteiger partial charge in [-0.05, 0) is 47.2 Å². The Kier molecular flexibility index (Phi) is 5.39. The molecule has 1 aromatic heterocycles. The maximum absolute atomic E-state index is 13.0. The molecule has 3 rings (SSSR count). The van der Waals surface area contributed by atoms with Crippen molar-refractivity contribution < 1.29 is 9.18 Å². The van der Waals surface area contributed by atoms with Crippen LogP contribution in [0.15, 0.2) is 59.8 Å². The van der Waals surface area contributed by atoms with Crippen LogP contribution in [0.25, 0.3) is 5.69 Å². The number of thioether (sulfide) groups is 1. The molecule has 2 aromatic carbocycles. The van der Waals surface area contributed by atoms with Gasteiger partial charge in [0.05, 0.1) is 17.5 Å². The number of halogens is 1. The first-order chi connectivity index (χ1) is 12.1. The first-order valence-electron chi connectivity index (χ1n) is 7.65. The Morgan fingerprint density at radius 2 is 1.92 bits per heavy atom. The largest absolute Gasteiger partial charge is 0.349 e. The van der Waals surface area contributed by atoms with Crippen molar-refractivity contribution in [3.05, 3.63) is 66.0 Å². The van der Waals surface area contributed by atoms with Gasteiger partial charge in [0.15, 0.2) is 0 Å². The van der Waals surface area contributed by atoms with E-state index in [4.69, 9.17) is 0 Å². The molecular formula is C17H16FN5OS. The van der Waals surface area contributed by atoms with Crippen LogP contribution in [0.4, 0.5) is 4.39 Å². The maximum Gasteiger partial charge on any atom is 0.230 e. The molecule has 0 spiro atoms. The summed E-state index contributed by atoms with van der Waals surface area (Å²) in [5.74, 6) is -0.270. The van der Waals surface area contributed by atoms with Crippen LogP contribution in [-0.4, -0.2) is 31.9 Å². The maximum atomic E-state index is 13.0. The van der Waals surface area contributed by atoms with Gasteiger partial charge in [-0.3, -0.25) is 4.79 Å². The second-order valence-electron chi connectivity index (χ2n) is 5.34. The number of benzene rings is 2. The monoisotopic (exact) mass is 357 g/mol. The molecule has 6 nitrogen and oxygen atoms in total. The van der Waals surface area contributed by atoms with Crippen LogP contribution < -0.4 is 5.32 Å². The molecule has 8 heteroatoms. The number of rotatable bonds is 6. The van der Waals surface area contributed by atoms with Crippen molar-refractivity contribution in [1.29, 1.82) is 0 Å². The van der Waals surface area contributed by atoms with E-state index in [2.05, 4.69) is 20.8 Å². The average molecular weight is 357 g/mol. The van der Waals surface area contributed by atoms with Crippen LogP contribution in [0.3, 0.4) is 0 Å². The number of nitrogens with zero attached hydrogens (tertiary/aromatic N) is 4. The highest BCUT2D eigenvalue weighted by molar-refractivity contribution is 7.99. The molecule has 0 aliphatic carbocycles. The summed E-state index contributed by atoms with van der Waals surface area (Å²) in [6.45, 7) is 1.85. The highest BCUT2D eigenvalue weighted by Crippen LogP contribution is 2.18. The quantitative estimate of drug-likeness (QED) is 0.687. The minimum absolute atomic E-state index is 0.149. The van der Waals surface area contributed by atoms with Gasteiger partial charge in [-0.2, -0.15) is 4.68 Å². The predicted octanol–water partition coefficient (Wildman–Crippen LogP) is 2.77. The fourth-order valence-corrected chi connectivity index (χ4v) is 2.95. The molecule has 25 heavy (non-hydrogen) atoms. The number of tetrazole rings is 1. The SMILES string of the molecule is C[C@H](NC(=O)CSc1nnnn1-c1ccccc1)c1ccc(F)cc1. The molecular weight excluding hydrogens is 341 g/mol. The first-order valence-corrected chi connectivity index (χ1v) is 8.63. The van der Waals surface area contributed by atoms with Gasteiger partial charge in [-0.1, -0.05) is 42.1 Å². The molecule has 1 atom stereocenters. The molecule has 0 saturated heterocycles. The second kappa shape index (κ2) is 7.89. The molecule has 3 aromatic rings. The summed E-state index contributed by atoms with van der Waals surface area (Å²) < 4.78 is 14.5. The second-order valence-corrected chi connectivity index (χ2v) is 6.28. The Balaban J connectivity index is 1.58. The highest BCUT2D eigenvalue weighted by Gasteiger charge is 2.13. The van der Waals surface area contributed by atoms with E-state index in [1.54, 1.807) is 16.8 Å². The van der Waals surface area contributed by atoms with Crippen molar-refractivity contribution in [3.8, 4) is 5.69 Å². The number of hydrogen-bond donors (Lipinski definition) is 1. The molecule has 1 N–H and O–H groups in total. The topological polar surface area (TPSA) is 72.7 Å². The number of aromatic nitrogens is 4. The van der Waals surface area contributed by atoms with Crippen LogP contribution in [0.1, 0.15) is 18.5 Å². The Bertz CT molecular complexity index is 838. The molecule has 0 fully saturated rings. The van der Waals surface area contributed by atoms with Gasteiger partial charge in [0.1, 0.15) is 5.82 Å². The van der Waals surface area contributed by atoms with Crippen molar-refractivity contribution in [2.45, 2.75) is 18.1 Å². The van der Waals surface area contributed by atoms with Gasteiger partial charge < -0.3 is 5.32 Å². The van der Waals surface area contributed by atoms with E-state index in [1.165, 1.54) is 23.9 Å². The number of nitrogens with one attached hydrogen (secondary N) is 1. The zero-order chi connectivity index (χ0) is 17.6. The zero-order valence-electron chi connectivity index (χ0n) is 13.5. The van der Waals surface area contributed by atoms with E-state index in [0.29, 0.717) is 5.16 Å². The third-order valence-corrected chi connectivity index (χ3v) is 4.44. The zero-order valence-corrected chi connectivity index (χ0v) is 14.3. The molecule has 0 bridgehead atoms. The summed E-state index contributed by atoms with van der Waals surface area (Å²) >= 11 is 1.25.